The molecular formula is C12H6Cl3N3O3. The zero-order chi connectivity index (χ0) is 15.6. The Bertz CT molecular complexity index is 737. The highest BCUT2D eigenvalue weighted by Gasteiger charge is 2.15. The first-order valence-electron chi connectivity index (χ1n) is 5.41. The minimum Gasteiger partial charge on any atom is -0.478 e. The molecule has 0 saturated heterocycles. The van der Waals surface area contributed by atoms with E-state index in [9.17, 15) is 9.59 Å². The molecule has 9 heteroatoms. The van der Waals surface area contributed by atoms with Gasteiger partial charge in [-0.1, -0.05) is 34.8 Å². The number of carboxylic acid groups (broad SMARTS) is 1. The minimum absolute atomic E-state index is 0.00431. The number of nitrogens with zero attached hydrogens (tertiary/aromatic N) is 2. The first-order valence-corrected chi connectivity index (χ1v) is 6.55. The lowest BCUT2D eigenvalue weighted by Gasteiger charge is -2.08. The summed E-state index contributed by atoms with van der Waals surface area (Å²) in [4.78, 5) is 22.9. The van der Waals surface area contributed by atoms with E-state index in [4.69, 9.17) is 39.9 Å². The predicted molar refractivity (Wildman–Crippen MR) is 78.4 cm³/mol. The molecular weight excluding hydrogens is 341 g/mol. The van der Waals surface area contributed by atoms with E-state index in [1.54, 1.807) is 0 Å². The Morgan fingerprint density at radius 1 is 1.10 bits per heavy atom. The van der Waals surface area contributed by atoms with Gasteiger partial charge in [0.25, 0.3) is 5.91 Å². The zero-order valence-electron chi connectivity index (χ0n) is 10.1. The van der Waals surface area contributed by atoms with Crippen LogP contribution in [0.15, 0.2) is 24.3 Å². The number of hydrogen-bond acceptors (Lipinski definition) is 4. The maximum Gasteiger partial charge on any atom is 0.335 e. The summed E-state index contributed by atoms with van der Waals surface area (Å²) in [5.41, 5.74) is 0.260. The molecule has 21 heavy (non-hydrogen) atoms. The van der Waals surface area contributed by atoms with E-state index in [0.717, 1.165) is 0 Å². The number of aromatic carboxylic acids is 1. The number of rotatable bonds is 3. The van der Waals surface area contributed by atoms with Crippen LogP contribution in [0.1, 0.15) is 20.7 Å². The molecule has 2 aromatic rings. The van der Waals surface area contributed by atoms with Gasteiger partial charge in [0.1, 0.15) is 0 Å². The fraction of sp³-hybridized carbons (Fsp3) is 0. The van der Waals surface area contributed by atoms with Gasteiger partial charge in [-0.3, -0.25) is 4.79 Å². The first kappa shape index (κ1) is 15.5. The van der Waals surface area contributed by atoms with E-state index >= 15 is 0 Å². The number of halogens is 3. The third-order valence-corrected chi connectivity index (χ3v) is 3.20. The Morgan fingerprint density at radius 3 is 2.43 bits per heavy atom. The van der Waals surface area contributed by atoms with E-state index < -0.39 is 11.9 Å². The van der Waals surface area contributed by atoms with E-state index in [1.165, 1.54) is 24.3 Å². The Balaban J connectivity index is 2.27. The third kappa shape index (κ3) is 3.60. The van der Waals surface area contributed by atoms with E-state index in [2.05, 4.69) is 15.5 Å². The van der Waals surface area contributed by atoms with Gasteiger partial charge in [-0.25, -0.2) is 4.79 Å². The molecule has 2 N–H and O–H groups in total. The molecule has 0 atom stereocenters. The summed E-state index contributed by atoms with van der Waals surface area (Å²) >= 11 is 17.3. The lowest BCUT2D eigenvalue weighted by atomic mass is 10.2. The van der Waals surface area contributed by atoms with Gasteiger partial charge in [0.15, 0.2) is 10.3 Å². The summed E-state index contributed by atoms with van der Waals surface area (Å²) in [6.07, 6.45) is 0. The number of aromatic nitrogens is 2. The second-order valence-corrected chi connectivity index (χ2v) is 4.98. The lowest BCUT2D eigenvalue weighted by molar-refractivity contribution is 0.0696. The van der Waals surface area contributed by atoms with Crippen molar-refractivity contribution in [3.05, 3.63) is 50.7 Å². The highest BCUT2D eigenvalue weighted by molar-refractivity contribution is 6.36. The van der Waals surface area contributed by atoms with Crippen molar-refractivity contribution in [1.29, 1.82) is 0 Å². The molecule has 0 aliphatic heterocycles. The van der Waals surface area contributed by atoms with Gasteiger partial charge in [-0.05, 0) is 24.3 Å². The number of anilines is 1. The van der Waals surface area contributed by atoms with Gasteiger partial charge in [0.2, 0.25) is 0 Å². The largest absolute Gasteiger partial charge is 0.478 e. The average Bonchev–Trinajstić information content (AvgIpc) is 2.43. The van der Waals surface area contributed by atoms with Gasteiger partial charge < -0.3 is 10.4 Å². The van der Waals surface area contributed by atoms with Crippen LogP contribution in [0.25, 0.3) is 0 Å². The van der Waals surface area contributed by atoms with Crippen LogP contribution in [0.2, 0.25) is 15.3 Å². The molecule has 0 fully saturated rings. The molecule has 6 nitrogen and oxygen atoms in total. The number of carbonyl (C=O) groups excluding carboxylic acids is 1. The lowest BCUT2D eigenvalue weighted by Crippen LogP contribution is -2.14. The van der Waals surface area contributed by atoms with Gasteiger partial charge in [-0.15, -0.1) is 10.2 Å². The molecule has 0 bridgehead atoms. The summed E-state index contributed by atoms with van der Waals surface area (Å²) in [7, 11) is 0. The van der Waals surface area contributed by atoms with Crippen LogP contribution >= 0.6 is 34.8 Å². The van der Waals surface area contributed by atoms with Crippen molar-refractivity contribution in [3.8, 4) is 0 Å². The molecule has 1 aromatic heterocycles. The molecule has 108 valence electrons. The molecule has 1 heterocycles. The van der Waals surface area contributed by atoms with Gasteiger partial charge >= 0.3 is 5.97 Å². The van der Waals surface area contributed by atoms with Crippen LogP contribution < -0.4 is 5.32 Å². The minimum atomic E-state index is -1.12. The molecule has 0 saturated carbocycles. The molecule has 0 aliphatic rings. The Hall–Kier alpha value is -1.89. The summed E-state index contributed by atoms with van der Waals surface area (Å²) in [5.74, 6) is -1.72. The number of amides is 1. The predicted octanol–water partition coefficient (Wildman–Crippen LogP) is 3.39. The third-order valence-electron chi connectivity index (χ3n) is 2.43. The van der Waals surface area contributed by atoms with E-state index in [1.807, 2.05) is 0 Å². The number of nitrogens with one attached hydrogen (secondary N) is 1. The summed E-state index contributed by atoms with van der Waals surface area (Å²) in [5, 5.41) is 18.3. The van der Waals surface area contributed by atoms with E-state index in [0.29, 0.717) is 0 Å². The second kappa shape index (κ2) is 6.26. The molecule has 0 radical (unpaired) electrons. The molecule has 1 aromatic carbocycles. The topological polar surface area (TPSA) is 92.2 Å². The van der Waals surface area contributed by atoms with Crippen molar-refractivity contribution in [2.24, 2.45) is 0 Å². The van der Waals surface area contributed by atoms with Crippen molar-refractivity contribution in [1.82, 2.24) is 10.2 Å². The highest BCUT2D eigenvalue weighted by Crippen LogP contribution is 2.25. The Kier molecular flexibility index (Phi) is 4.62. The number of carboxylic acids is 1. The molecule has 0 spiro atoms. The Labute approximate surface area is 133 Å². The normalized spacial score (nSPS) is 10.2. The van der Waals surface area contributed by atoms with Crippen LogP contribution in [0.4, 0.5) is 5.69 Å². The second-order valence-electron chi connectivity index (χ2n) is 3.83. The summed E-state index contributed by atoms with van der Waals surface area (Å²) < 4.78 is 0. The first-order chi connectivity index (χ1) is 9.88. The SMILES string of the molecule is O=C(O)c1ccc(NC(=O)c2cc(Cl)nnc2Cl)c(Cl)c1. The van der Waals surface area contributed by atoms with Gasteiger partial charge in [0, 0.05) is 0 Å². The van der Waals surface area contributed by atoms with Crippen molar-refractivity contribution < 1.29 is 14.7 Å². The van der Waals surface area contributed by atoms with Crippen LogP contribution in [0, 0.1) is 0 Å². The maximum atomic E-state index is 12.1. The smallest absolute Gasteiger partial charge is 0.335 e. The van der Waals surface area contributed by atoms with Crippen molar-refractivity contribution in [3.63, 3.8) is 0 Å². The number of carbonyl (C=O) groups is 2. The Morgan fingerprint density at radius 2 is 1.81 bits per heavy atom. The molecule has 0 unspecified atom stereocenters. The van der Waals surface area contributed by atoms with Gasteiger partial charge in [0.05, 0.1) is 21.8 Å². The zero-order valence-corrected chi connectivity index (χ0v) is 12.4. The fourth-order valence-corrected chi connectivity index (χ4v) is 2.00. The van der Waals surface area contributed by atoms with Crippen LogP contribution in [0.5, 0.6) is 0 Å². The van der Waals surface area contributed by atoms with Crippen molar-refractivity contribution >= 4 is 52.4 Å². The van der Waals surface area contributed by atoms with E-state index in [-0.39, 0.29) is 32.1 Å². The highest BCUT2D eigenvalue weighted by atomic mass is 35.5. The van der Waals surface area contributed by atoms with Crippen LogP contribution in [0.3, 0.4) is 0 Å². The summed E-state index contributed by atoms with van der Waals surface area (Å²) in [6, 6.07) is 5.15. The average molecular weight is 347 g/mol. The molecule has 0 aliphatic carbocycles. The maximum absolute atomic E-state index is 12.1. The fourth-order valence-electron chi connectivity index (χ4n) is 1.45. The van der Waals surface area contributed by atoms with Crippen LogP contribution in [-0.4, -0.2) is 27.2 Å². The molecule has 1 amide bonds. The van der Waals surface area contributed by atoms with Crippen molar-refractivity contribution in [2.45, 2.75) is 0 Å². The number of hydrogen-bond donors (Lipinski definition) is 2. The van der Waals surface area contributed by atoms with Crippen LogP contribution in [-0.2, 0) is 0 Å². The number of benzene rings is 1. The quantitative estimate of drug-likeness (QED) is 0.888. The molecule has 2 rings (SSSR count). The standard InChI is InChI=1S/C12H6Cl3N3O3/c13-7-3-5(12(20)21)1-2-8(7)16-11(19)6-4-9(14)17-18-10(6)15/h1-4H,(H,16,19)(H,20,21). The summed E-state index contributed by atoms with van der Waals surface area (Å²) in [6.45, 7) is 0. The van der Waals surface area contributed by atoms with Gasteiger partial charge in [-0.2, -0.15) is 0 Å². The van der Waals surface area contributed by atoms with Crippen molar-refractivity contribution in [2.75, 3.05) is 5.32 Å². The monoisotopic (exact) mass is 345 g/mol.